The molecular formula is C15H16N2O3. The molecule has 0 aliphatic carbocycles. The van der Waals surface area contributed by atoms with Gasteiger partial charge in [-0.05, 0) is 41.8 Å². The second-order valence-corrected chi connectivity index (χ2v) is 4.36. The summed E-state index contributed by atoms with van der Waals surface area (Å²) in [7, 11) is 1.60. The van der Waals surface area contributed by atoms with Gasteiger partial charge < -0.3 is 15.6 Å². The lowest BCUT2D eigenvalue weighted by atomic mass is 9.98. The third-order valence-corrected chi connectivity index (χ3v) is 3.16. The second kappa shape index (κ2) is 5.71. The number of carboxylic acid groups (broad SMARTS) is 1. The number of hydrogen-bond acceptors (Lipinski definition) is 4. The predicted molar refractivity (Wildman–Crippen MR) is 75.8 cm³/mol. The first kappa shape index (κ1) is 14.0. The Hall–Kier alpha value is -2.40. The number of benzene rings is 1. The van der Waals surface area contributed by atoms with Crippen LogP contribution in [0.25, 0.3) is 11.1 Å². The van der Waals surface area contributed by atoms with Gasteiger partial charge in [-0.25, -0.2) is 9.78 Å². The molecule has 0 aliphatic rings. The molecular weight excluding hydrogens is 256 g/mol. The number of nitrogens with zero attached hydrogens (tertiary/aromatic N) is 1. The largest absolute Gasteiger partial charge is 0.497 e. The smallest absolute Gasteiger partial charge is 0.354 e. The Morgan fingerprint density at radius 1 is 1.35 bits per heavy atom. The lowest BCUT2D eigenvalue weighted by Gasteiger charge is -2.12. The van der Waals surface area contributed by atoms with Gasteiger partial charge in [0.05, 0.1) is 7.11 Å². The van der Waals surface area contributed by atoms with Crippen molar-refractivity contribution in [2.24, 2.45) is 5.73 Å². The summed E-state index contributed by atoms with van der Waals surface area (Å²) in [5.74, 6) is -0.307. The Morgan fingerprint density at radius 2 is 2.00 bits per heavy atom. The molecule has 2 aromatic rings. The predicted octanol–water partition coefficient (Wildman–Crippen LogP) is 2.22. The van der Waals surface area contributed by atoms with Crippen molar-refractivity contribution in [3.8, 4) is 16.9 Å². The molecule has 0 atom stereocenters. The van der Waals surface area contributed by atoms with Crippen molar-refractivity contribution in [3.05, 3.63) is 47.3 Å². The summed E-state index contributed by atoms with van der Waals surface area (Å²) in [5, 5.41) is 9.11. The van der Waals surface area contributed by atoms with E-state index in [-0.39, 0.29) is 5.69 Å². The molecule has 3 N–H and O–H groups in total. The summed E-state index contributed by atoms with van der Waals surface area (Å²) in [5.41, 5.74) is 8.94. The van der Waals surface area contributed by atoms with Gasteiger partial charge in [-0.2, -0.15) is 0 Å². The van der Waals surface area contributed by atoms with Gasteiger partial charge in [-0.1, -0.05) is 12.1 Å². The normalized spacial score (nSPS) is 10.3. The van der Waals surface area contributed by atoms with E-state index in [1.807, 2.05) is 24.3 Å². The van der Waals surface area contributed by atoms with Crippen LogP contribution in [0.5, 0.6) is 5.75 Å². The monoisotopic (exact) mass is 272 g/mol. The van der Waals surface area contributed by atoms with Crippen molar-refractivity contribution in [1.82, 2.24) is 4.98 Å². The minimum Gasteiger partial charge on any atom is -0.497 e. The van der Waals surface area contributed by atoms with Crippen molar-refractivity contribution < 1.29 is 14.6 Å². The summed E-state index contributed by atoms with van der Waals surface area (Å²) >= 11 is 0. The zero-order valence-corrected chi connectivity index (χ0v) is 11.4. The van der Waals surface area contributed by atoms with E-state index in [9.17, 15) is 4.79 Å². The highest BCUT2D eigenvalue weighted by molar-refractivity contribution is 5.88. The van der Waals surface area contributed by atoms with E-state index in [0.29, 0.717) is 12.2 Å². The number of methoxy groups -OCH3 is 1. The van der Waals surface area contributed by atoms with Gasteiger partial charge in [0.2, 0.25) is 0 Å². The Kier molecular flexibility index (Phi) is 4.00. The fourth-order valence-corrected chi connectivity index (χ4v) is 2.09. The van der Waals surface area contributed by atoms with Crippen LogP contribution in [0.1, 0.15) is 21.7 Å². The average Bonchev–Trinajstić information content (AvgIpc) is 2.46. The molecule has 0 aliphatic heterocycles. The first-order valence-corrected chi connectivity index (χ1v) is 6.15. The number of aryl methyl sites for hydroxylation is 1. The summed E-state index contributed by atoms with van der Waals surface area (Å²) in [6, 6.07) is 8.95. The second-order valence-electron chi connectivity index (χ2n) is 4.36. The number of nitrogens with two attached hydrogens (primary N) is 1. The molecule has 0 fully saturated rings. The van der Waals surface area contributed by atoms with Crippen LogP contribution in [-0.2, 0) is 6.54 Å². The number of aromatic carboxylic acids is 1. The first-order valence-electron chi connectivity index (χ1n) is 6.15. The molecule has 1 aromatic heterocycles. The van der Waals surface area contributed by atoms with Crippen LogP contribution in [0.3, 0.4) is 0 Å². The highest BCUT2D eigenvalue weighted by Crippen LogP contribution is 2.27. The molecule has 1 heterocycles. The van der Waals surface area contributed by atoms with Crippen LogP contribution in [0, 0.1) is 6.92 Å². The van der Waals surface area contributed by atoms with Crippen molar-refractivity contribution >= 4 is 5.97 Å². The highest BCUT2D eigenvalue weighted by atomic mass is 16.5. The number of carbonyl (C=O) groups is 1. The number of ether oxygens (including phenoxy) is 1. The van der Waals surface area contributed by atoms with Crippen LogP contribution in [-0.4, -0.2) is 23.2 Å². The molecule has 0 radical (unpaired) electrons. The lowest BCUT2D eigenvalue weighted by molar-refractivity contribution is 0.0690. The highest BCUT2D eigenvalue weighted by Gasteiger charge is 2.14. The molecule has 2 rings (SSSR count). The zero-order valence-electron chi connectivity index (χ0n) is 11.4. The van der Waals surface area contributed by atoms with Crippen LogP contribution >= 0.6 is 0 Å². The fraction of sp³-hybridized carbons (Fsp3) is 0.200. The molecule has 0 unspecified atom stereocenters. The van der Waals surface area contributed by atoms with E-state index in [1.54, 1.807) is 20.1 Å². The molecule has 0 amide bonds. The van der Waals surface area contributed by atoms with Gasteiger partial charge in [0.25, 0.3) is 0 Å². The SMILES string of the molecule is COc1ccc(-c2cc(C(=O)O)nc(C)c2CN)cc1. The molecule has 0 saturated carbocycles. The van der Waals surface area contributed by atoms with Crippen molar-refractivity contribution in [2.45, 2.75) is 13.5 Å². The molecule has 104 valence electrons. The van der Waals surface area contributed by atoms with E-state index in [0.717, 1.165) is 22.4 Å². The van der Waals surface area contributed by atoms with E-state index in [1.165, 1.54) is 0 Å². The Balaban J connectivity index is 2.60. The van der Waals surface area contributed by atoms with E-state index < -0.39 is 5.97 Å². The van der Waals surface area contributed by atoms with Gasteiger partial charge in [-0.3, -0.25) is 0 Å². The number of rotatable bonds is 4. The van der Waals surface area contributed by atoms with Crippen LogP contribution < -0.4 is 10.5 Å². The lowest BCUT2D eigenvalue weighted by Crippen LogP contribution is -2.09. The van der Waals surface area contributed by atoms with Crippen molar-refractivity contribution in [1.29, 1.82) is 0 Å². The maximum Gasteiger partial charge on any atom is 0.354 e. The molecule has 1 aromatic carbocycles. The third kappa shape index (κ3) is 2.62. The molecule has 5 heteroatoms. The number of aromatic nitrogens is 1. The van der Waals surface area contributed by atoms with Crippen LogP contribution in [0.15, 0.2) is 30.3 Å². The van der Waals surface area contributed by atoms with Crippen molar-refractivity contribution in [2.75, 3.05) is 7.11 Å². The summed E-state index contributed by atoms with van der Waals surface area (Å²) in [4.78, 5) is 15.2. The number of carboxylic acids is 1. The van der Waals surface area contributed by atoms with Crippen molar-refractivity contribution in [3.63, 3.8) is 0 Å². The zero-order chi connectivity index (χ0) is 14.7. The van der Waals surface area contributed by atoms with E-state index in [4.69, 9.17) is 15.6 Å². The fourth-order valence-electron chi connectivity index (χ4n) is 2.09. The molecule has 0 bridgehead atoms. The molecule has 0 spiro atoms. The Labute approximate surface area is 117 Å². The molecule has 20 heavy (non-hydrogen) atoms. The summed E-state index contributed by atoms with van der Waals surface area (Å²) in [6.45, 7) is 2.07. The maximum atomic E-state index is 11.1. The number of hydrogen-bond donors (Lipinski definition) is 2. The maximum absolute atomic E-state index is 11.1. The minimum absolute atomic E-state index is 0.0190. The number of pyridine rings is 1. The standard InChI is InChI=1S/C15H16N2O3/c1-9-13(8-16)12(7-14(17-9)15(18)19)10-3-5-11(20-2)6-4-10/h3-7H,8,16H2,1-2H3,(H,18,19). The van der Waals surface area contributed by atoms with E-state index in [2.05, 4.69) is 4.98 Å². The van der Waals surface area contributed by atoms with E-state index >= 15 is 0 Å². The summed E-state index contributed by atoms with van der Waals surface area (Å²) < 4.78 is 5.12. The van der Waals surface area contributed by atoms with Gasteiger partial charge in [0.15, 0.2) is 0 Å². The van der Waals surface area contributed by atoms with Gasteiger partial charge in [0.1, 0.15) is 11.4 Å². The topological polar surface area (TPSA) is 85.4 Å². The van der Waals surface area contributed by atoms with Crippen LogP contribution in [0.4, 0.5) is 0 Å². The molecule has 0 saturated heterocycles. The summed E-state index contributed by atoms with van der Waals surface area (Å²) in [6.07, 6.45) is 0. The minimum atomic E-state index is -1.05. The van der Waals surface area contributed by atoms with Gasteiger partial charge >= 0.3 is 5.97 Å². The van der Waals surface area contributed by atoms with Gasteiger partial charge in [-0.15, -0.1) is 0 Å². The van der Waals surface area contributed by atoms with Crippen LogP contribution in [0.2, 0.25) is 0 Å². The van der Waals surface area contributed by atoms with Gasteiger partial charge in [0, 0.05) is 12.2 Å². The Morgan fingerprint density at radius 3 is 2.50 bits per heavy atom. The third-order valence-electron chi connectivity index (χ3n) is 3.16. The molecule has 5 nitrogen and oxygen atoms in total. The first-order chi connectivity index (χ1) is 9.56. The Bertz CT molecular complexity index is 636. The average molecular weight is 272 g/mol. The quantitative estimate of drug-likeness (QED) is 0.891.